The number of rotatable bonds is 4. The van der Waals surface area contributed by atoms with Crippen molar-refractivity contribution in [2.45, 2.75) is 44.4 Å². The molecule has 1 amide bonds. The Morgan fingerprint density at radius 1 is 0.886 bits per heavy atom. The average Bonchev–Trinajstić information content (AvgIpc) is 3.41. The number of hydrogen-bond acceptors (Lipinski definition) is 5. The Bertz CT molecular complexity index is 1150. The van der Waals surface area contributed by atoms with Gasteiger partial charge in [0.05, 0.1) is 16.9 Å². The van der Waals surface area contributed by atoms with Crippen LogP contribution in [0.5, 0.6) is 11.5 Å². The van der Waals surface area contributed by atoms with Crippen molar-refractivity contribution in [2.75, 3.05) is 48.1 Å². The predicted octanol–water partition coefficient (Wildman–Crippen LogP) is 5.89. The zero-order valence-electron chi connectivity index (χ0n) is 19.4. The summed E-state index contributed by atoms with van der Waals surface area (Å²) >= 11 is 2.29. The van der Waals surface area contributed by atoms with Crippen LogP contribution in [0.25, 0.3) is 0 Å². The molecule has 1 spiro atoms. The number of ether oxygens (including phenoxy) is 2. The minimum atomic E-state index is -2.64. The molecule has 3 aliphatic heterocycles. The maximum absolute atomic E-state index is 13.7. The second-order valence-corrected chi connectivity index (χ2v) is 11.4. The number of amides is 1. The van der Waals surface area contributed by atoms with E-state index in [9.17, 15) is 13.6 Å². The molecule has 4 aliphatic rings. The van der Waals surface area contributed by atoms with Crippen molar-refractivity contribution in [1.82, 2.24) is 0 Å². The van der Waals surface area contributed by atoms with Gasteiger partial charge in [-0.05, 0) is 78.0 Å². The number of anilines is 3. The molecular formula is C26H28F2IN3O3. The van der Waals surface area contributed by atoms with E-state index < -0.39 is 5.92 Å². The van der Waals surface area contributed by atoms with E-state index in [-0.39, 0.29) is 38.6 Å². The van der Waals surface area contributed by atoms with E-state index in [1.54, 1.807) is 12.1 Å². The fourth-order valence-corrected chi connectivity index (χ4v) is 5.90. The smallest absolute Gasteiger partial charge is 0.257 e. The molecule has 0 bridgehead atoms. The van der Waals surface area contributed by atoms with E-state index in [2.05, 4.69) is 38.9 Å². The summed E-state index contributed by atoms with van der Waals surface area (Å²) < 4.78 is 39.8. The molecule has 3 fully saturated rings. The maximum Gasteiger partial charge on any atom is 0.257 e. The number of carbonyl (C=O) groups excluding carboxylic acids is 1. The maximum atomic E-state index is 13.7. The summed E-state index contributed by atoms with van der Waals surface area (Å²) in [5, 5.41) is 3.03. The summed E-state index contributed by atoms with van der Waals surface area (Å²) in [6.45, 7) is 2.44. The number of nitrogens with zero attached hydrogens (tertiary/aromatic N) is 2. The van der Waals surface area contributed by atoms with Crippen LogP contribution < -0.4 is 24.6 Å². The van der Waals surface area contributed by atoms with E-state index in [4.69, 9.17) is 9.47 Å². The van der Waals surface area contributed by atoms with Crippen LogP contribution in [0.1, 0.15) is 48.9 Å². The SMILES string of the molecule is O=C(Nc1cc2c(c(N3CCC(F)(F)CC3)c1)OCO2)c1ccc(I)cc1N1CCC2(CC1)CC2. The molecule has 0 radical (unpaired) electrons. The van der Waals surface area contributed by atoms with E-state index in [1.807, 2.05) is 17.0 Å². The molecule has 2 aromatic carbocycles. The van der Waals surface area contributed by atoms with Gasteiger partial charge < -0.3 is 24.6 Å². The lowest BCUT2D eigenvalue weighted by Gasteiger charge is -2.35. The third kappa shape index (κ3) is 4.63. The van der Waals surface area contributed by atoms with E-state index >= 15 is 0 Å². The number of alkyl halides is 2. The zero-order valence-corrected chi connectivity index (χ0v) is 21.6. The highest BCUT2D eigenvalue weighted by molar-refractivity contribution is 14.1. The van der Waals surface area contributed by atoms with Crippen LogP contribution in [0.15, 0.2) is 30.3 Å². The average molecular weight is 595 g/mol. The van der Waals surface area contributed by atoms with E-state index in [0.717, 1.165) is 22.3 Å². The monoisotopic (exact) mass is 595 g/mol. The number of fused-ring (bicyclic) bond motifs is 1. The highest BCUT2D eigenvalue weighted by atomic mass is 127. The van der Waals surface area contributed by atoms with Gasteiger partial charge in [-0.3, -0.25) is 4.79 Å². The van der Waals surface area contributed by atoms with Crippen molar-refractivity contribution < 1.29 is 23.0 Å². The largest absolute Gasteiger partial charge is 0.453 e. The Balaban J connectivity index is 1.25. The van der Waals surface area contributed by atoms with Gasteiger partial charge in [-0.2, -0.15) is 0 Å². The first kappa shape index (κ1) is 23.1. The standard InChI is InChI=1S/C26H28F2IN3O3/c27-26(28)7-11-32(12-8-26)21-14-18(15-22-23(21)35-16-34-22)30-24(33)19-2-1-17(29)13-20(19)31-9-5-25(3-4-25)6-10-31/h1-2,13-15H,3-12,16H2,(H,30,33). The molecule has 0 atom stereocenters. The Hall–Kier alpha value is -2.30. The summed E-state index contributed by atoms with van der Waals surface area (Å²) in [4.78, 5) is 17.7. The molecule has 35 heavy (non-hydrogen) atoms. The van der Waals surface area contributed by atoms with Crippen LogP contribution in [0.2, 0.25) is 0 Å². The van der Waals surface area contributed by atoms with Gasteiger partial charge in [0.2, 0.25) is 6.79 Å². The first-order valence-corrected chi connectivity index (χ1v) is 13.3. The van der Waals surface area contributed by atoms with Gasteiger partial charge in [-0.15, -0.1) is 0 Å². The topological polar surface area (TPSA) is 54.0 Å². The molecule has 2 aromatic rings. The number of piperidine rings is 2. The summed E-state index contributed by atoms with van der Waals surface area (Å²) in [6, 6.07) is 9.46. The van der Waals surface area contributed by atoms with Crippen molar-refractivity contribution in [1.29, 1.82) is 0 Å². The van der Waals surface area contributed by atoms with Crippen LogP contribution in [0.3, 0.4) is 0 Å². The Kier molecular flexibility index (Phi) is 5.73. The summed E-state index contributed by atoms with van der Waals surface area (Å²) in [5.74, 6) is -1.77. The lowest BCUT2D eigenvalue weighted by atomic mass is 9.93. The van der Waals surface area contributed by atoms with Crippen molar-refractivity contribution in [3.05, 3.63) is 39.5 Å². The molecular weight excluding hydrogens is 567 g/mol. The van der Waals surface area contributed by atoms with Gasteiger partial charge >= 0.3 is 0 Å². The number of hydrogen-bond donors (Lipinski definition) is 1. The van der Waals surface area contributed by atoms with Gasteiger partial charge in [0.1, 0.15) is 0 Å². The minimum absolute atomic E-state index is 0.0709. The first-order chi connectivity index (χ1) is 16.8. The van der Waals surface area contributed by atoms with Crippen LogP contribution >= 0.6 is 22.6 Å². The summed E-state index contributed by atoms with van der Waals surface area (Å²) in [6.07, 6.45) is 4.62. The molecule has 0 aromatic heterocycles. The Morgan fingerprint density at radius 3 is 2.29 bits per heavy atom. The van der Waals surface area contributed by atoms with Crippen molar-refractivity contribution in [3.63, 3.8) is 0 Å². The quantitative estimate of drug-likeness (QED) is 0.448. The molecule has 6 rings (SSSR count). The molecule has 2 saturated heterocycles. The zero-order chi connectivity index (χ0) is 24.2. The van der Waals surface area contributed by atoms with E-state index in [1.165, 1.54) is 25.7 Å². The minimum Gasteiger partial charge on any atom is -0.453 e. The van der Waals surface area contributed by atoms with Gasteiger partial charge in [0.25, 0.3) is 11.8 Å². The molecule has 9 heteroatoms. The molecule has 186 valence electrons. The van der Waals surface area contributed by atoms with Crippen LogP contribution in [-0.2, 0) is 0 Å². The molecule has 0 unspecified atom stereocenters. The van der Waals surface area contributed by atoms with Gasteiger partial charge in [0, 0.05) is 54.3 Å². The lowest BCUT2D eigenvalue weighted by molar-refractivity contribution is -0.0221. The third-order valence-corrected chi connectivity index (χ3v) is 8.54. The number of carbonyl (C=O) groups is 1. The highest BCUT2D eigenvalue weighted by Crippen LogP contribution is 2.54. The fourth-order valence-electron chi connectivity index (χ4n) is 5.43. The fraction of sp³-hybridized carbons (Fsp3) is 0.500. The van der Waals surface area contributed by atoms with Gasteiger partial charge in [0.15, 0.2) is 11.5 Å². The van der Waals surface area contributed by atoms with Gasteiger partial charge in [-0.25, -0.2) is 8.78 Å². The Morgan fingerprint density at radius 2 is 1.57 bits per heavy atom. The van der Waals surface area contributed by atoms with Crippen LogP contribution in [-0.4, -0.2) is 44.8 Å². The lowest BCUT2D eigenvalue weighted by Crippen LogP contribution is -2.39. The molecule has 6 nitrogen and oxygen atoms in total. The second-order valence-electron chi connectivity index (χ2n) is 10.2. The van der Waals surface area contributed by atoms with Crippen LogP contribution in [0.4, 0.5) is 25.8 Å². The predicted molar refractivity (Wildman–Crippen MR) is 139 cm³/mol. The van der Waals surface area contributed by atoms with Crippen LogP contribution in [0, 0.1) is 8.99 Å². The number of nitrogens with one attached hydrogen (secondary N) is 1. The summed E-state index contributed by atoms with van der Waals surface area (Å²) in [7, 11) is 0. The van der Waals surface area contributed by atoms with Crippen molar-refractivity contribution in [2.24, 2.45) is 5.41 Å². The molecule has 1 aliphatic carbocycles. The normalized spacial score (nSPS) is 21.8. The Labute approximate surface area is 217 Å². The van der Waals surface area contributed by atoms with Crippen molar-refractivity contribution in [3.8, 4) is 11.5 Å². The third-order valence-electron chi connectivity index (χ3n) is 7.87. The number of benzene rings is 2. The molecule has 1 N–H and O–H groups in total. The second kappa shape index (κ2) is 8.67. The summed E-state index contributed by atoms with van der Waals surface area (Å²) in [5.41, 5.74) is 3.39. The van der Waals surface area contributed by atoms with Gasteiger partial charge in [-0.1, -0.05) is 0 Å². The number of halogens is 3. The molecule has 3 heterocycles. The highest BCUT2D eigenvalue weighted by Gasteiger charge is 2.44. The first-order valence-electron chi connectivity index (χ1n) is 12.2. The van der Waals surface area contributed by atoms with E-state index in [0.29, 0.717) is 33.9 Å². The molecule has 1 saturated carbocycles. The van der Waals surface area contributed by atoms with Crippen molar-refractivity contribution >= 4 is 45.6 Å².